The number of amides is 1. The molecule has 0 aliphatic heterocycles. The summed E-state index contributed by atoms with van der Waals surface area (Å²) in [6, 6.07) is 6.90. The molecule has 0 atom stereocenters. The molecule has 0 saturated heterocycles. The Morgan fingerprint density at radius 3 is 2.90 bits per heavy atom. The van der Waals surface area contributed by atoms with Gasteiger partial charge in [-0.15, -0.1) is 0 Å². The zero-order valence-electron chi connectivity index (χ0n) is 11.1. The number of aromatic nitrogens is 3. The summed E-state index contributed by atoms with van der Waals surface area (Å²) in [6.45, 7) is 2.38. The third-order valence-corrected chi connectivity index (χ3v) is 2.87. The van der Waals surface area contributed by atoms with Gasteiger partial charge in [-0.25, -0.2) is 4.98 Å². The number of carbonyl (C=O) groups excluding carboxylic acids is 1. The van der Waals surface area contributed by atoms with Gasteiger partial charge in [0.1, 0.15) is 5.15 Å². The zero-order chi connectivity index (χ0) is 14.4. The molecule has 1 amide bonds. The molecule has 0 spiro atoms. The minimum absolute atomic E-state index is 0.197. The molecule has 20 heavy (non-hydrogen) atoms. The van der Waals surface area contributed by atoms with E-state index in [-0.39, 0.29) is 5.91 Å². The lowest BCUT2D eigenvalue weighted by molar-refractivity contribution is 0.0950. The summed E-state index contributed by atoms with van der Waals surface area (Å²) in [4.78, 5) is 16.3. The van der Waals surface area contributed by atoms with Gasteiger partial charge in [-0.05, 0) is 30.7 Å². The van der Waals surface area contributed by atoms with Crippen LogP contribution in [0.3, 0.4) is 0 Å². The molecule has 2 aromatic heterocycles. The Labute approximate surface area is 122 Å². The van der Waals surface area contributed by atoms with Crippen LogP contribution < -0.4 is 5.32 Å². The van der Waals surface area contributed by atoms with Crippen LogP contribution in [-0.4, -0.2) is 21.1 Å². The van der Waals surface area contributed by atoms with Crippen molar-refractivity contribution in [1.29, 1.82) is 0 Å². The molecule has 2 rings (SSSR count). The first-order chi connectivity index (χ1) is 9.69. The lowest BCUT2D eigenvalue weighted by Crippen LogP contribution is -2.23. The molecule has 0 bridgehead atoms. The minimum atomic E-state index is -0.197. The SMILES string of the molecule is CCCc1cc(C(=O)NCc2cccnn2)cc(Cl)n1. The molecule has 1 N–H and O–H groups in total. The maximum atomic E-state index is 12.1. The number of rotatable bonds is 5. The fraction of sp³-hybridized carbons (Fsp3) is 0.286. The molecule has 2 heterocycles. The van der Waals surface area contributed by atoms with Crippen molar-refractivity contribution < 1.29 is 4.79 Å². The van der Waals surface area contributed by atoms with E-state index >= 15 is 0 Å². The Morgan fingerprint density at radius 2 is 2.20 bits per heavy atom. The van der Waals surface area contributed by atoms with Crippen LogP contribution in [0.15, 0.2) is 30.5 Å². The average Bonchev–Trinajstić information content (AvgIpc) is 2.45. The monoisotopic (exact) mass is 290 g/mol. The van der Waals surface area contributed by atoms with Crippen LogP contribution in [0.25, 0.3) is 0 Å². The number of hydrogen-bond acceptors (Lipinski definition) is 4. The van der Waals surface area contributed by atoms with Gasteiger partial charge in [0.25, 0.3) is 5.91 Å². The Hall–Kier alpha value is -2.01. The highest BCUT2D eigenvalue weighted by Gasteiger charge is 2.09. The normalized spacial score (nSPS) is 10.3. The highest BCUT2D eigenvalue weighted by molar-refractivity contribution is 6.29. The van der Waals surface area contributed by atoms with Gasteiger partial charge in [0.2, 0.25) is 0 Å². The van der Waals surface area contributed by atoms with Gasteiger partial charge < -0.3 is 5.32 Å². The number of pyridine rings is 1. The first-order valence-corrected chi connectivity index (χ1v) is 6.78. The summed E-state index contributed by atoms with van der Waals surface area (Å²) in [5, 5.41) is 10.8. The molecule has 0 fully saturated rings. The molecule has 6 heteroatoms. The van der Waals surface area contributed by atoms with Crippen LogP contribution in [0.5, 0.6) is 0 Å². The van der Waals surface area contributed by atoms with Crippen molar-refractivity contribution in [3.63, 3.8) is 0 Å². The predicted molar refractivity (Wildman–Crippen MR) is 76.4 cm³/mol. The van der Waals surface area contributed by atoms with Crippen LogP contribution in [0, 0.1) is 0 Å². The summed E-state index contributed by atoms with van der Waals surface area (Å²) in [6.07, 6.45) is 3.34. The van der Waals surface area contributed by atoms with Crippen LogP contribution in [-0.2, 0) is 13.0 Å². The highest BCUT2D eigenvalue weighted by atomic mass is 35.5. The Balaban J connectivity index is 2.05. The van der Waals surface area contributed by atoms with Gasteiger partial charge in [-0.3, -0.25) is 4.79 Å². The number of carbonyl (C=O) groups is 1. The van der Waals surface area contributed by atoms with E-state index < -0.39 is 0 Å². The molecule has 0 aliphatic rings. The van der Waals surface area contributed by atoms with Crippen LogP contribution in [0.1, 0.15) is 35.1 Å². The van der Waals surface area contributed by atoms with E-state index in [9.17, 15) is 4.79 Å². The van der Waals surface area contributed by atoms with E-state index in [0.717, 1.165) is 18.5 Å². The topological polar surface area (TPSA) is 67.8 Å². The van der Waals surface area contributed by atoms with E-state index in [2.05, 4.69) is 27.4 Å². The Kier molecular flexibility index (Phi) is 5.01. The largest absolute Gasteiger partial charge is 0.346 e. The first-order valence-electron chi connectivity index (χ1n) is 6.40. The van der Waals surface area contributed by atoms with Crippen molar-refractivity contribution in [2.24, 2.45) is 0 Å². The maximum absolute atomic E-state index is 12.1. The second kappa shape index (κ2) is 6.96. The number of aryl methyl sites for hydroxylation is 1. The smallest absolute Gasteiger partial charge is 0.251 e. The van der Waals surface area contributed by atoms with E-state index in [1.165, 1.54) is 0 Å². The quantitative estimate of drug-likeness (QED) is 0.859. The zero-order valence-corrected chi connectivity index (χ0v) is 11.9. The van der Waals surface area contributed by atoms with Crippen molar-refractivity contribution in [2.75, 3.05) is 0 Å². The molecule has 5 nitrogen and oxygen atoms in total. The maximum Gasteiger partial charge on any atom is 0.251 e. The molecule has 2 aromatic rings. The molecule has 0 saturated carbocycles. The van der Waals surface area contributed by atoms with Gasteiger partial charge in [-0.1, -0.05) is 24.9 Å². The number of hydrogen-bond donors (Lipinski definition) is 1. The van der Waals surface area contributed by atoms with Crippen molar-refractivity contribution in [2.45, 2.75) is 26.3 Å². The third kappa shape index (κ3) is 3.99. The fourth-order valence-electron chi connectivity index (χ4n) is 1.77. The van der Waals surface area contributed by atoms with Gasteiger partial charge in [0.05, 0.1) is 12.2 Å². The summed E-state index contributed by atoms with van der Waals surface area (Å²) in [7, 11) is 0. The molecule has 0 aromatic carbocycles. The van der Waals surface area contributed by atoms with Crippen LogP contribution in [0.4, 0.5) is 0 Å². The molecule has 0 aliphatic carbocycles. The van der Waals surface area contributed by atoms with Crippen molar-refractivity contribution in [3.8, 4) is 0 Å². The summed E-state index contributed by atoms with van der Waals surface area (Å²) >= 11 is 5.93. The Morgan fingerprint density at radius 1 is 1.35 bits per heavy atom. The lowest BCUT2D eigenvalue weighted by Gasteiger charge is -2.06. The van der Waals surface area contributed by atoms with Crippen molar-refractivity contribution >= 4 is 17.5 Å². The van der Waals surface area contributed by atoms with Crippen molar-refractivity contribution in [1.82, 2.24) is 20.5 Å². The van der Waals surface area contributed by atoms with Crippen molar-refractivity contribution in [3.05, 3.63) is 52.6 Å². The number of nitrogens with zero attached hydrogens (tertiary/aromatic N) is 3. The highest BCUT2D eigenvalue weighted by Crippen LogP contribution is 2.12. The third-order valence-electron chi connectivity index (χ3n) is 2.67. The second-order valence-corrected chi connectivity index (χ2v) is 4.70. The summed E-state index contributed by atoms with van der Waals surface area (Å²) in [5.74, 6) is -0.197. The lowest BCUT2D eigenvalue weighted by atomic mass is 10.1. The molecule has 0 unspecified atom stereocenters. The van der Waals surface area contributed by atoms with E-state index in [1.54, 1.807) is 30.5 Å². The van der Waals surface area contributed by atoms with E-state index in [0.29, 0.717) is 23.0 Å². The van der Waals surface area contributed by atoms with Gasteiger partial charge in [0.15, 0.2) is 0 Å². The van der Waals surface area contributed by atoms with Gasteiger partial charge in [0, 0.05) is 17.5 Å². The molecular weight excluding hydrogens is 276 g/mol. The van der Waals surface area contributed by atoms with Crippen LogP contribution in [0.2, 0.25) is 5.15 Å². The summed E-state index contributed by atoms with van der Waals surface area (Å²) < 4.78 is 0. The number of halogens is 1. The van der Waals surface area contributed by atoms with Gasteiger partial charge in [-0.2, -0.15) is 10.2 Å². The first kappa shape index (κ1) is 14.4. The fourth-order valence-corrected chi connectivity index (χ4v) is 1.99. The number of nitrogens with one attached hydrogen (secondary N) is 1. The van der Waals surface area contributed by atoms with E-state index in [4.69, 9.17) is 11.6 Å². The van der Waals surface area contributed by atoms with E-state index in [1.807, 2.05) is 0 Å². The molecule has 0 radical (unpaired) electrons. The van der Waals surface area contributed by atoms with Gasteiger partial charge >= 0.3 is 0 Å². The second-order valence-electron chi connectivity index (χ2n) is 4.32. The minimum Gasteiger partial charge on any atom is -0.346 e. The Bertz CT molecular complexity index is 589. The van der Waals surface area contributed by atoms with Crippen LogP contribution >= 0.6 is 11.6 Å². The average molecular weight is 291 g/mol. The molecular formula is C14H15ClN4O. The molecule has 104 valence electrons. The summed E-state index contributed by atoms with van der Waals surface area (Å²) in [5.41, 5.74) is 2.04. The predicted octanol–water partition coefficient (Wildman–Crippen LogP) is 2.41. The standard InChI is InChI=1S/C14H15ClN4O/c1-2-4-11-7-10(8-13(15)18-11)14(20)16-9-12-5-3-6-17-19-12/h3,5-8H,2,4,9H2,1H3,(H,16,20).